The quantitative estimate of drug-likeness (QED) is 0.537. The molecular weight excluding hydrogens is 366 g/mol. The molecule has 4 heteroatoms. The fourth-order valence-corrected chi connectivity index (χ4v) is 5.44. The molecule has 1 atom stereocenters. The standard InChI is InChI=1S/C17H27BrClNS/c1-3-5-6-12-7-9-13(10-8-12)16(20-4-2)15-11-14(18)17(19)21-15/h11-13,16,20H,3-10H2,1-2H3. The Kier molecular flexibility index (Phi) is 7.54. The molecule has 1 saturated carbocycles. The lowest BCUT2D eigenvalue weighted by molar-refractivity contribution is 0.216. The van der Waals surface area contributed by atoms with Gasteiger partial charge in [-0.15, -0.1) is 11.3 Å². The number of unbranched alkanes of at least 4 members (excludes halogenated alkanes) is 1. The highest BCUT2D eigenvalue weighted by molar-refractivity contribution is 9.10. The van der Waals surface area contributed by atoms with E-state index in [0.717, 1.165) is 27.2 Å². The number of halogens is 2. The fraction of sp³-hybridized carbons (Fsp3) is 0.765. The Morgan fingerprint density at radius 1 is 1.33 bits per heavy atom. The number of hydrogen-bond donors (Lipinski definition) is 1. The van der Waals surface area contributed by atoms with Crippen LogP contribution in [0.25, 0.3) is 0 Å². The summed E-state index contributed by atoms with van der Waals surface area (Å²) in [6.45, 7) is 5.52. The van der Waals surface area contributed by atoms with Crippen molar-refractivity contribution in [2.75, 3.05) is 6.54 Å². The van der Waals surface area contributed by atoms with E-state index in [0.29, 0.717) is 6.04 Å². The van der Waals surface area contributed by atoms with E-state index >= 15 is 0 Å². The molecule has 1 heterocycles. The van der Waals surface area contributed by atoms with Crippen molar-refractivity contribution in [2.45, 2.75) is 64.8 Å². The van der Waals surface area contributed by atoms with Crippen LogP contribution in [0.4, 0.5) is 0 Å². The van der Waals surface area contributed by atoms with Gasteiger partial charge in [0.05, 0.1) is 0 Å². The van der Waals surface area contributed by atoms with Gasteiger partial charge in [-0.2, -0.15) is 0 Å². The zero-order valence-electron chi connectivity index (χ0n) is 13.1. The van der Waals surface area contributed by atoms with Crippen LogP contribution in [0, 0.1) is 11.8 Å². The van der Waals surface area contributed by atoms with Gasteiger partial charge in [-0.1, -0.05) is 57.6 Å². The minimum absolute atomic E-state index is 0.482. The van der Waals surface area contributed by atoms with E-state index in [-0.39, 0.29) is 0 Å². The molecule has 2 rings (SSSR count). The summed E-state index contributed by atoms with van der Waals surface area (Å²) in [5, 5.41) is 3.70. The predicted molar refractivity (Wildman–Crippen MR) is 98.4 cm³/mol. The van der Waals surface area contributed by atoms with Crippen LogP contribution >= 0.6 is 38.9 Å². The summed E-state index contributed by atoms with van der Waals surface area (Å²) >= 11 is 11.5. The second kappa shape index (κ2) is 8.90. The minimum atomic E-state index is 0.482. The molecule has 1 N–H and O–H groups in total. The number of rotatable bonds is 7. The van der Waals surface area contributed by atoms with Gasteiger partial charge in [0.25, 0.3) is 0 Å². The summed E-state index contributed by atoms with van der Waals surface area (Å²) in [5.74, 6) is 1.74. The maximum Gasteiger partial charge on any atom is 0.107 e. The Morgan fingerprint density at radius 2 is 2.05 bits per heavy atom. The molecule has 0 aliphatic heterocycles. The molecule has 1 aliphatic rings. The summed E-state index contributed by atoms with van der Waals surface area (Å²) in [6, 6.07) is 2.69. The first-order valence-corrected chi connectivity index (χ1v) is 10.3. The topological polar surface area (TPSA) is 12.0 Å². The van der Waals surface area contributed by atoms with Crippen molar-refractivity contribution in [3.63, 3.8) is 0 Å². The molecule has 1 aliphatic carbocycles. The Labute approximate surface area is 147 Å². The molecule has 1 aromatic rings. The largest absolute Gasteiger partial charge is 0.309 e. The predicted octanol–water partition coefficient (Wildman–Crippen LogP) is 6.81. The Balaban J connectivity index is 1.97. The first-order chi connectivity index (χ1) is 10.2. The van der Waals surface area contributed by atoms with Crippen LogP contribution in [0.15, 0.2) is 10.5 Å². The van der Waals surface area contributed by atoms with Crippen LogP contribution in [-0.2, 0) is 0 Å². The van der Waals surface area contributed by atoms with E-state index in [4.69, 9.17) is 11.6 Å². The van der Waals surface area contributed by atoms with Crippen LogP contribution in [0.3, 0.4) is 0 Å². The second-order valence-electron chi connectivity index (χ2n) is 6.23. The first kappa shape index (κ1) is 17.8. The van der Waals surface area contributed by atoms with Crippen molar-refractivity contribution in [2.24, 2.45) is 11.8 Å². The van der Waals surface area contributed by atoms with Crippen LogP contribution in [0.2, 0.25) is 4.34 Å². The maximum absolute atomic E-state index is 6.24. The second-order valence-corrected chi connectivity index (χ2v) is 8.77. The summed E-state index contributed by atoms with van der Waals surface area (Å²) in [7, 11) is 0. The van der Waals surface area contributed by atoms with Gasteiger partial charge in [0.2, 0.25) is 0 Å². The summed E-state index contributed by atoms with van der Waals surface area (Å²) < 4.78 is 1.92. The van der Waals surface area contributed by atoms with Gasteiger partial charge >= 0.3 is 0 Å². The highest BCUT2D eigenvalue weighted by atomic mass is 79.9. The van der Waals surface area contributed by atoms with E-state index in [1.807, 2.05) is 0 Å². The molecule has 0 saturated heterocycles. The number of thiophene rings is 1. The van der Waals surface area contributed by atoms with Crippen LogP contribution in [0.5, 0.6) is 0 Å². The van der Waals surface area contributed by atoms with E-state index in [9.17, 15) is 0 Å². The summed E-state index contributed by atoms with van der Waals surface area (Å²) in [5.41, 5.74) is 0. The summed E-state index contributed by atoms with van der Waals surface area (Å²) in [6.07, 6.45) is 9.71. The molecule has 0 bridgehead atoms. The minimum Gasteiger partial charge on any atom is -0.309 e. The van der Waals surface area contributed by atoms with Gasteiger partial charge in [-0.25, -0.2) is 0 Å². The Bertz CT molecular complexity index is 407. The SMILES string of the molecule is CCCCC1CCC(C(NCC)c2cc(Br)c(Cl)s2)CC1. The molecular formula is C17H27BrClNS. The third kappa shape index (κ3) is 4.95. The smallest absolute Gasteiger partial charge is 0.107 e. The molecule has 1 fully saturated rings. The Hall–Kier alpha value is 0.430. The van der Waals surface area contributed by atoms with Gasteiger partial charge in [-0.3, -0.25) is 0 Å². The van der Waals surface area contributed by atoms with Crippen molar-refractivity contribution >= 4 is 38.9 Å². The molecule has 21 heavy (non-hydrogen) atoms. The molecule has 0 aromatic carbocycles. The van der Waals surface area contributed by atoms with Crippen LogP contribution < -0.4 is 5.32 Å². The third-order valence-electron chi connectivity index (χ3n) is 4.72. The van der Waals surface area contributed by atoms with Crippen molar-refractivity contribution < 1.29 is 0 Å². The van der Waals surface area contributed by atoms with Gasteiger partial charge in [0, 0.05) is 15.4 Å². The number of hydrogen-bond acceptors (Lipinski definition) is 2. The monoisotopic (exact) mass is 391 g/mol. The van der Waals surface area contributed by atoms with Crippen molar-refractivity contribution in [3.8, 4) is 0 Å². The lowest BCUT2D eigenvalue weighted by Gasteiger charge is -2.34. The van der Waals surface area contributed by atoms with Crippen molar-refractivity contribution in [3.05, 3.63) is 19.8 Å². The highest BCUT2D eigenvalue weighted by Crippen LogP contribution is 2.43. The lowest BCUT2D eigenvalue weighted by Crippen LogP contribution is -2.30. The Morgan fingerprint density at radius 3 is 2.57 bits per heavy atom. The van der Waals surface area contributed by atoms with Gasteiger partial charge in [0.1, 0.15) is 4.34 Å². The molecule has 0 radical (unpaired) electrons. The van der Waals surface area contributed by atoms with Crippen molar-refractivity contribution in [1.29, 1.82) is 0 Å². The van der Waals surface area contributed by atoms with Gasteiger partial charge < -0.3 is 5.32 Å². The number of nitrogens with one attached hydrogen (secondary N) is 1. The zero-order chi connectivity index (χ0) is 15.2. The first-order valence-electron chi connectivity index (χ1n) is 8.33. The van der Waals surface area contributed by atoms with Gasteiger partial charge in [0.15, 0.2) is 0 Å². The van der Waals surface area contributed by atoms with E-state index in [2.05, 4.69) is 41.2 Å². The van der Waals surface area contributed by atoms with E-state index in [1.54, 1.807) is 11.3 Å². The van der Waals surface area contributed by atoms with E-state index in [1.165, 1.54) is 49.8 Å². The average molecular weight is 393 g/mol. The average Bonchev–Trinajstić information content (AvgIpc) is 2.82. The lowest BCUT2D eigenvalue weighted by atomic mass is 9.76. The zero-order valence-corrected chi connectivity index (χ0v) is 16.3. The molecule has 1 aromatic heterocycles. The maximum atomic E-state index is 6.24. The molecule has 1 nitrogen and oxygen atoms in total. The third-order valence-corrected chi connectivity index (χ3v) is 7.28. The van der Waals surface area contributed by atoms with Gasteiger partial charge in [-0.05, 0) is 53.2 Å². The molecule has 0 spiro atoms. The van der Waals surface area contributed by atoms with Crippen LogP contribution in [-0.4, -0.2) is 6.54 Å². The molecule has 0 amide bonds. The molecule has 1 unspecified atom stereocenters. The summed E-state index contributed by atoms with van der Waals surface area (Å²) in [4.78, 5) is 1.39. The van der Waals surface area contributed by atoms with E-state index < -0.39 is 0 Å². The highest BCUT2D eigenvalue weighted by Gasteiger charge is 2.29. The van der Waals surface area contributed by atoms with Crippen molar-refractivity contribution in [1.82, 2.24) is 5.32 Å². The molecule has 120 valence electrons. The fourth-order valence-electron chi connectivity index (χ4n) is 3.54. The normalized spacial score (nSPS) is 24.2. The van der Waals surface area contributed by atoms with Crippen LogP contribution in [0.1, 0.15) is 69.7 Å².